The number of H-pyrrole nitrogens is 1. The normalized spacial score (nSPS) is 14.7. The molecule has 0 saturated carbocycles. The number of rotatable bonds is 3. The maximum atomic E-state index is 12.8. The Morgan fingerprint density at radius 3 is 2.27 bits per heavy atom. The Morgan fingerprint density at radius 2 is 1.61 bits per heavy atom. The number of piperazine rings is 1. The van der Waals surface area contributed by atoms with Crippen LogP contribution in [-0.4, -0.2) is 69.2 Å². The third kappa shape index (κ3) is 3.96. The van der Waals surface area contributed by atoms with Crippen LogP contribution in [-0.2, 0) is 0 Å². The van der Waals surface area contributed by atoms with Crippen molar-refractivity contribution in [3.63, 3.8) is 0 Å². The fraction of sp³-hybridized carbons (Fsp3) is 0.269. The molecule has 7 heteroatoms. The molecule has 0 atom stereocenters. The number of hydrogen-bond donors (Lipinski definition) is 2. The second-order valence-corrected chi connectivity index (χ2v) is 8.80. The molecule has 168 valence electrons. The van der Waals surface area contributed by atoms with E-state index >= 15 is 0 Å². The molecule has 1 aliphatic heterocycles. The third-order valence-corrected chi connectivity index (χ3v) is 6.42. The molecule has 2 N–H and O–H groups in total. The second kappa shape index (κ2) is 8.33. The van der Waals surface area contributed by atoms with Gasteiger partial charge in [0, 0.05) is 48.3 Å². The molecule has 4 aromatic rings. The summed E-state index contributed by atoms with van der Waals surface area (Å²) in [6.07, 6.45) is 0. The first-order chi connectivity index (χ1) is 15.9. The summed E-state index contributed by atoms with van der Waals surface area (Å²) < 4.78 is 0. The van der Waals surface area contributed by atoms with Crippen LogP contribution in [0.5, 0.6) is 5.75 Å². The summed E-state index contributed by atoms with van der Waals surface area (Å²) in [5.41, 5.74) is 6.55. The van der Waals surface area contributed by atoms with Gasteiger partial charge in [0.25, 0.3) is 5.91 Å². The molecule has 0 radical (unpaired) electrons. The minimum absolute atomic E-state index is 0.0786. The summed E-state index contributed by atoms with van der Waals surface area (Å²) >= 11 is 0. The Labute approximate surface area is 192 Å². The van der Waals surface area contributed by atoms with E-state index in [1.807, 2.05) is 67.3 Å². The zero-order chi connectivity index (χ0) is 23.1. The Morgan fingerprint density at radius 1 is 0.939 bits per heavy atom. The Balaban J connectivity index is 1.41. The summed E-state index contributed by atoms with van der Waals surface area (Å²) in [6.45, 7) is 7.10. The maximum absolute atomic E-state index is 12.8. The average Bonchev–Trinajstić information content (AvgIpc) is 3.25. The molecule has 2 aromatic heterocycles. The predicted molar refractivity (Wildman–Crippen MR) is 129 cm³/mol. The highest BCUT2D eigenvalue weighted by atomic mass is 16.3. The van der Waals surface area contributed by atoms with Crippen molar-refractivity contribution in [2.24, 2.45) is 0 Å². The molecule has 1 saturated heterocycles. The van der Waals surface area contributed by atoms with Crippen molar-refractivity contribution in [3.05, 3.63) is 65.2 Å². The number of carbonyl (C=O) groups is 1. The van der Waals surface area contributed by atoms with Gasteiger partial charge in [-0.3, -0.25) is 9.89 Å². The monoisotopic (exact) mass is 441 g/mol. The van der Waals surface area contributed by atoms with Crippen LogP contribution in [0.3, 0.4) is 0 Å². The number of amides is 1. The van der Waals surface area contributed by atoms with Crippen molar-refractivity contribution in [2.45, 2.75) is 13.8 Å². The lowest BCUT2D eigenvalue weighted by Crippen LogP contribution is -2.47. The third-order valence-electron chi connectivity index (χ3n) is 6.42. The zero-order valence-electron chi connectivity index (χ0n) is 19.1. The molecule has 0 unspecified atom stereocenters. The number of phenolic OH excluding ortho intramolecular Hbond substituents is 1. The molecule has 0 bridgehead atoms. The standard InChI is InChI=1S/C26H27N5O2/c1-16-14-20(15-17(2)24(16)32)22-9-8-21-23(28-29-25(21)27-22)18-4-6-19(7-5-18)26(33)31-12-10-30(3)11-13-31/h4-9,14-15,32H,10-13H2,1-3H3,(H,27,28,29). The number of phenols is 1. The fourth-order valence-corrected chi connectivity index (χ4v) is 4.35. The van der Waals surface area contributed by atoms with E-state index in [0.29, 0.717) is 17.0 Å². The van der Waals surface area contributed by atoms with Crippen LogP contribution in [0, 0.1) is 13.8 Å². The van der Waals surface area contributed by atoms with Gasteiger partial charge in [-0.1, -0.05) is 12.1 Å². The summed E-state index contributed by atoms with van der Waals surface area (Å²) in [4.78, 5) is 21.7. The van der Waals surface area contributed by atoms with E-state index in [4.69, 9.17) is 4.98 Å². The molecular formula is C26H27N5O2. The molecule has 0 aliphatic carbocycles. The van der Waals surface area contributed by atoms with E-state index in [2.05, 4.69) is 22.1 Å². The van der Waals surface area contributed by atoms with Gasteiger partial charge in [0.15, 0.2) is 5.65 Å². The first-order valence-corrected chi connectivity index (χ1v) is 11.1. The molecule has 33 heavy (non-hydrogen) atoms. The number of aromatic amines is 1. The molecule has 3 heterocycles. The molecule has 0 spiro atoms. The number of fused-ring (bicyclic) bond motifs is 1. The van der Waals surface area contributed by atoms with Gasteiger partial charge in [0.2, 0.25) is 0 Å². The number of likely N-dealkylation sites (N-methyl/N-ethyl adjacent to an activating group) is 1. The molecular weight excluding hydrogens is 414 g/mol. The van der Waals surface area contributed by atoms with Crippen molar-refractivity contribution >= 4 is 16.9 Å². The highest BCUT2D eigenvalue weighted by molar-refractivity contribution is 5.96. The summed E-state index contributed by atoms with van der Waals surface area (Å²) in [7, 11) is 2.08. The lowest BCUT2D eigenvalue weighted by atomic mass is 10.0. The lowest BCUT2D eigenvalue weighted by Gasteiger charge is -2.32. The van der Waals surface area contributed by atoms with Gasteiger partial charge in [0.1, 0.15) is 5.75 Å². The highest BCUT2D eigenvalue weighted by Crippen LogP contribution is 2.31. The van der Waals surface area contributed by atoms with Crippen LogP contribution < -0.4 is 0 Å². The number of benzene rings is 2. The Kier molecular flexibility index (Phi) is 5.34. The minimum atomic E-state index is 0.0786. The quantitative estimate of drug-likeness (QED) is 0.502. The van der Waals surface area contributed by atoms with E-state index in [9.17, 15) is 9.90 Å². The van der Waals surface area contributed by atoms with E-state index in [1.165, 1.54) is 0 Å². The van der Waals surface area contributed by atoms with Gasteiger partial charge >= 0.3 is 0 Å². The second-order valence-electron chi connectivity index (χ2n) is 8.80. The number of aromatic nitrogens is 3. The number of hydrogen-bond acceptors (Lipinski definition) is 5. The van der Waals surface area contributed by atoms with Gasteiger partial charge in [-0.25, -0.2) is 4.98 Å². The Bertz CT molecular complexity index is 1310. The van der Waals surface area contributed by atoms with Crippen molar-refractivity contribution in [1.82, 2.24) is 25.0 Å². The van der Waals surface area contributed by atoms with Crippen LogP contribution in [0.4, 0.5) is 0 Å². The number of carbonyl (C=O) groups excluding carboxylic acids is 1. The van der Waals surface area contributed by atoms with Gasteiger partial charge in [-0.05, 0) is 68.4 Å². The lowest BCUT2D eigenvalue weighted by molar-refractivity contribution is 0.0664. The average molecular weight is 442 g/mol. The SMILES string of the molecule is Cc1cc(-c2ccc3c(-c4ccc(C(=O)N5CCN(C)CC5)cc4)[nH]nc3n2)cc(C)c1O. The van der Waals surface area contributed by atoms with Crippen molar-refractivity contribution in [1.29, 1.82) is 0 Å². The van der Waals surface area contributed by atoms with E-state index in [1.54, 1.807) is 0 Å². The maximum Gasteiger partial charge on any atom is 0.253 e. The number of pyridine rings is 1. The van der Waals surface area contributed by atoms with Crippen LogP contribution in [0.25, 0.3) is 33.5 Å². The van der Waals surface area contributed by atoms with Crippen LogP contribution in [0.1, 0.15) is 21.5 Å². The van der Waals surface area contributed by atoms with E-state index in [-0.39, 0.29) is 5.91 Å². The molecule has 2 aromatic carbocycles. The van der Waals surface area contributed by atoms with Crippen molar-refractivity contribution in [3.8, 4) is 28.3 Å². The first kappa shape index (κ1) is 21.2. The summed E-state index contributed by atoms with van der Waals surface area (Å²) in [6, 6.07) is 15.5. The molecule has 1 amide bonds. The number of nitrogens with zero attached hydrogens (tertiary/aromatic N) is 4. The zero-order valence-corrected chi connectivity index (χ0v) is 19.1. The molecule has 5 rings (SSSR count). The van der Waals surface area contributed by atoms with Gasteiger partial charge < -0.3 is 14.9 Å². The summed E-state index contributed by atoms with van der Waals surface area (Å²) in [5.74, 6) is 0.395. The molecule has 7 nitrogen and oxygen atoms in total. The first-order valence-electron chi connectivity index (χ1n) is 11.1. The van der Waals surface area contributed by atoms with E-state index < -0.39 is 0 Å². The topological polar surface area (TPSA) is 85.4 Å². The Hall–Kier alpha value is -3.71. The van der Waals surface area contributed by atoms with Crippen LogP contribution >= 0.6 is 0 Å². The van der Waals surface area contributed by atoms with E-state index in [0.717, 1.165) is 65.2 Å². The number of aromatic hydroxyl groups is 1. The fourth-order valence-electron chi connectivity index (χ4n) is 4.35. The van der Waals surface area contributed by atoms with Crippen LogP contribution in [0.15, 0.2) is 48.5 Å². The summed E-state index contributed by atoms with van der Waals surface area (Å²) in [5, 5.41) is 18.5. The predicted octanol–water partition coefficient (Wildman–Crippen LogP) is 4.00. The van der Waals surface area contributed by atoms with Gasteiger partial charge in [-0.2, -0.15) is 5.10 Å². The van der Waals surface area contributed by atoms with Crippen LogP contribution in [0.2, 0.25) is 0 Å². The molecule has 1 fully saturated rings. The number of nitrogens with one attached hydrogen (secondary N) is 1. The van der Waals surface area contributed by atoms with Gasteiger partial charge in [0.05, 0.1) is 11.4 Å². The largest absolute Gasteiger partial charge is 0.507 e. The highest BCUT2D eigenvalue weighted by Gasteiger charge is 2.20. The minimum Gasteiger partial charge on any atom is -0.507 e. The van der Waals surface area contributed by atoms with Gasteiger partial charge in [-0.15, -0.1) is 0 Å². The van der Waals surface area contributed by atoms with Crippen molar-refractivity contribution < 1.29 is 9.90 Å². The number of aryl methyl sites for hydroxylation is 2. The molecule has 1 aliphatic rings. The smallest absolute Gasteiger partial charge is 0.253 e. The van der Waals surface area contributed by atoms with Crippen molar-refractivity contribution in [2.75, 3.05) is 33.2 Å².